The van der Waals surface area contributed by atoms with E-state index in [2.05, 4.69) is 4.90 Å². The van der Waals surface area contributed by atoms with Gasteiger partial charge in [0, 0.05) is 19.6 Å². The van der Waals surface area contributed by atoms with Crippen LogP contribution in [0, 0.1) is 0 Å². The Bertz CT molecular complexity index is 350. The highest BCUT2D eigenvalue weighted by Crippen LogP contribution is 2.32. The average molecular weight is 221 g/mol. The van der Waals surface area contributed by atoms with E-state index in [4.69, 9.17) is 0 Å². The minimum Gasteiger partial charge on any atom is -0.389 e. The first kappa shape index (κ1) is 11.6. The van der Waals surface area contributed by atoms with Gasteiger partial charge in [0.05, 0.1) is 5.60 Å². The number of β-amino-alcohol motifs (C(OH)–C–C–N with tert-alkyl or cyclic N) is 2. The van der Waals surface area contributed by atoms with E-state index in [0.29, 0.717) is 19.6 Å². The van der Waals surface area contributed by atoms with Gasteiger partial charge in [0.25, 0.3) is 0 Å². The second-order valence-electron chi connectivity index (χ2n) is 5.36. The summed E-state index contributed by atoms with van der Waals surface area (Å²) in [5.41, 5.74) is -0.466. The topological polar surface area (TPSA) is 43.7 Å². The third kappa shape index (κ3) is 2.43. The SMILES string of the molecule is CC(C)(O)CN1CC(O)(c2ccccc2)C1. The van der Waals surface area contributed by atoms with Crippen molar-refractivity contribution in [1.82, 2.24) is 4.90 Å². The number of nitrogens with zero attached hydrogens (tertiary/aromatic N) is 1. The van der Waals surface area contributed by atoms with Gasteiger partial charge >= 0.3 is 0 Å². The van der Waals surface area contributed by atoms with E-state index >= 15 is 0 Å². The molecule has 16 heavy (non-hydrogen) atoms. The Morgan fingerprint density at radius 2 is 1.81 bits per heavy atom. The molecule has 2 rings (SSSR count). The van der Waals surface area contributed by atoms with E-state index in [0.717, 1.165) is 5.56 Å². The lowest BCUT2D eigenvalue weighted by Gasteiger charge is -2.48. The van der Waals surface area contributed by atoms with Gasteiger partial charge in [-0.2, -0.15) is 0 Å². The molecule has 0 saturated carbocycles. The van der Waals surface area contributed by atoms with Gasteiger partial charge in [0.2, 0.25) is 0 Å². The van der Waals surface area contributed by atoms with Crippen molar-refractivity contribution in [2.45, 2.75) is 25.0 Å². The van der Waals surface area contributed by atoms with Crippen molar-refractivity contribution in [3.63, 3.8) is 0 Å². The fourth-order valence-corrected chi connectivity index (χ4v) is 2.28. The summed E-state index contributed by atoms with van der Waals surface area (Å²) >= 11 is 0. The van der Waals surface area contributed by atoms with E-state index in [9.17, 15) is 10.2 Å². The summed E-state index contributed by atoms with van der Waals surface area (Å²) in [5.74, 6) is 0. The van der Waals surface area contributed by atoms with E-state index in [1.807, 2.05) is 30.3 Å². The van der Waals surface area contributed by atoms with Crippen LogP contribution in [0.5, 0.6) is 0 Å². The summed E-state index contributed by atoms with van der Waals surface area (Å²) in [6.07, 6.45) is 0. The Hall–Kier alpha value is -0.900. The summed E-state index contributed by atoms with van der Waals surface area (Å²) in [6.45, 7) is 5.37. The molecule has 0 bridgehead atoms. The normalized spacial score (nSPS) is 20.5. The van der Waals surface area contributed by atoms with E-state index in [-0.39, 0.29) is 0 Å². The minimum absolute atomic E-state index is 0.598. The summed E-state index contributed by atoms with van der Waals surface area (Å²) in [5, 5.41) is 20.0. The summed E-state index contributed by atoms with van der Waals surface area (Å²) < 4.78 is 0. The van der Waals surface area contributed by atoms with Crippen LogP contribution in [-0.4, -0.2) is 40.3 Å². The molecule has 2 N–H and O–H groups in total. The second kappa shape index (κ2) is 3.84. The van der Waals surface area contributed by atoms with Crippen LogP contribution in [0.4, 0.5) is 0 Å². The zero-order valence-electron chi connectivity index (χ0n) is 9.85. The highest BCUT2D eigenvalue weighted by molar-refractivity contribution is 5.26. The molecule has 1 aliphatic rings. The molecule has 1 aliphatic heterocycles. The largest absolute Gasteiger partial charge is 0.389 e. The minimum atomic E-state index is -0.730. The first-order valence-corrected chi connectivity index (χ1v) is 5.62. The predicted octanol–water partition coefficient (Wildman–Crippen LogP) is 0.961. The van der Waals surface area contributed by atoms with Crippen molar-refractivity contribution in [3.05, 3.63) is 35.9 Å². The molecule has 1 fully saturated rings. The lowest BCUT2D eigenvalue weighted by atomic mass is 9.85. The lowest BCUT2D eigenvalue weighted by molar-refractivity contribution is -0.124. The molecule has 0 radical (unpaired) electrons. The van der Waals surface area contributed by atoms with Crippen LogP contribution in [0.25, 0.3) is 0 Å². The molecule has 1 saturated heterocycles. The van der Waals surface area contributed by atoms with Gasteiger partial charge in [-0.05, 0) is 19.4 Å². The van der Waals surface area contributed by atoms with Gasteiger partial charge < -0.3 is 10.2 Å². The molecule has 0 unspecified atom stereocenters. The molecule has 3 nitrogen and oxygen atoms in total. The maximum absolute atomic E-state index is 10.3. The molecule has 0 atom stereocenters. The molecular formula is C13H19NO2. The first-order chi connectivity index (χ1) is 7.39. The van der Waals surface area contributed by atoms with Crippen molar-refractivity contribution in [2.24, 2.45) is 0 Å². The molecule has 0 aromatic heterocycles. The first-order valence-electron chi connectivity index (χ1n) is 5.62. The molecule has 1 aromatic rings. The molecule has 3 heteroatoms. The number of hydrogen-bond acceptors (Lipinski definition) is 3. The van der Waals surface area contributed by atoms with Crippen LogP contribution in [0.3, 0.4) is 0 Å². The molecule has 1 aromatic carbocycles. The summed E-state index contributed by atoms with van der Waals surface area (Å²) in [6, 6.07) is 9.71. The van der Waals surface area contributed by atoms with Gasteiger partial charge in [-0.25, -0.2) is 0 Å². The zero-order chi connectivity index (χ0) is 11.8. The van der Waals surface area contributed by atoms with Gasteiger partial charge in [0.15, 0.2) is 0 Å². The van der Waals surface area contributed by atoms with Crippen LogP contribution in [-0.2, 0) is 5.60 Å². The van der Waals surface area contributed by atoms with Crippen LogP contribution in [0.15, 0.2) is 30.3 Å². The number of benzene rings is 1. The predicted molar refractivity (Wildman–Crippen MR) is 63.1 cm³/mol. The highest BCUT2D eigenvalue weighted by atomic mass is 16.3. The van der Waals surface area contributed by atoms with E-state index in [1.54, 1.807) is 13.8 Å². The van der Waals surface area contributed by atoms with Crippen LogP contribution in [0.2, 0.25) is 0 Å². The molecule has 0 aliphatic carbocycles. The third-order valence-electron chi connectivity index (χ3n) is 2.89. The quantitative estimate of drug-likeness (QED) is 0.799. The summed E-state index contributed by atoms with van der Waals surface area (Å²) in [7, 11) is 0. The van der Waals surface area contributed by atoms with Gasteiger partial charge in [-0.3, -0.25) is 4.90 Å². The Labute approximate surface area is 96.3 Å². The van der Waals surface area contributed by atoms with Crippen molar-refractivity contribution >= 4 is 0 Å². The second-order valence-corrected chi connectivity index (χ2v) is 5.36. The lowest BCUT2D eigenvalue weighted by Crippen LogP contribution is -2.61. The van der Waals surface area contributed by atoms with Gasteiger partial charge in [-0.15, -0.1) is 0 Å². The van der Waals surface area contributed by atoms with Crippen molar-refractivity contribution in [3.8, 4) is 0 Å². The highest BCUT2D eigenvalue weighted by Gasteiger charge is 2.43. The monoisotopic (exact) mass is 221 g/mol. The van der Waals surface area contributed by atoms with E-state index in [1.165, 1.54) is 0 Å². The Morgan fingerprint density at radius 1 is 1.25 bits per heavy atom. The number of rotatable bonds is 3. The fraction of sp³-hybridized carbons (Fsp3) is 0.538. The Kier molecular flexibility index (Phi) is 2.78. The van der Waals surface area contributed by atoms with Gasteiger partial charge in [0.1, 0.15) is 5.60 Å². The number of aliphatic hydroxyl groups is 2. The molecular weight excluding hydrogens is 202 g/mol. The Morgan fingerprint density at radius 3 is 2.31 bits per heavy atom. The third-order valence-corrected chi connectivity index (χ3v) is 2.89. The summed E-state index contributed by atoms with van der Waals surface area (Å²) in [4.78, 5) is 2.06. The van der Waals surface area contributed by atoms with Crippen molar-refractivity contribution < 1.29 is 10.2 Å². The maximum atomic E-state index is 10.3. The van der Waals surface area contributed by atoms with Crippen molar-refractivity contribution in [1.29, 1.82) is 0 Å². The number of likely N-dealkylation sites (tertiary alicyclic amines) is 1. The standard InChI is InChI=1S/C13H19NO2/c1-12(2,15)8-14-9-13(16,10-14)11-6-4-3-5-7-11/h3-7,15-16H,8-10H2,1-2H3. The fourth-order valence-electron chi connectivity index (χ4n) is 2.28. The molecule has 0 amide bonds. The zero-order valence-corrected chi connectivity index (χ0v) is 9.85. The average Bonchev–Trinajstić information content (AvgIpc) is 2.14. The maximum Gasteiger partial charge on any atom is 0.115 e. The van der Waals surface area contributed by atoms with Gasteiger partial charge in [-0.1, -0.05) is 30.3 Å². The smallest absolute Gasteiger partial charge is 0.115 e. The molecule has 88 valence electrons. The van der Waals surface area contributed by atoms with Crippen LogP contribution >= 0.6 is 0 Å². The van der Waals surface area contributed by atoms with Crippen LogP contribution < -0.4 is 0 Å². The van der Waals surface area contributed by atoms with Crippen LogP contribution in [0.1, 0.15) is 19.4 Å². The number of hydrogen-bond donors (Lipinski definition) is 2. The molecule has 1 heterocycles. The van der Waals surface area contributed by atoms with Crippen molar-refractivity contribution in [2.75, 3.05) is 19.6 Å². The Balaban J connectivity index is 1.96. The molecule has 0 spiro atoms. The van der Waals surface area contributed by atoms with E-state index < -0.39 is 11.2 Å².